The van der Waals surface area contributed by atoms with E-state index in [1.54, 1.807) is 55.5 Å². The highest BCUT2D eigenvalue weighted by molar-refractivity contribution is 6.30. The first-order valence-electron chi connectivity index (χ1n) is 10.3. The maximum atomic E-state index is 13.7. The Morgan fingerprint density at radius 3 is 2.41 bits per heavy atom. The fourth-order valence-corrected chi connectivity index (χ4v) is 4.06. The standard InChI is InChI=1S/C25H23ClN2O4/c1-2-32-23(29)22(27-19-14-12-18(26)13-15-19)25(31)20-10-6-7-11-21(20)28(24(25)30)16-17-8-4-3-5-9-17/h3-15,22,27,31H,2,16H2,1H3/t22-,25-/m1/s1. The van der Waals surface area contributed by atoms with Gasteiger partial charge in [0.1, 0.15) is 0 Å². The lowest BCUT2D eigenvalue weighted by atomic mass is 9.87. The molecule has 0 spiro atoms. The molecule has 7 heteroatoms. The molecule has 3 aromatic carbocycles. The molecule has 2 N–H and O–H groups in total. The Balaban J connectivity index is 1.77. The van der Waals surface area contributed by atoms with Gasteiger partial charge in [0.2, 0.25) is 5.60 Å². The third-order valence-electron chi connectivity index (χ3n) is 5.46. The number of nitrogens with one attached hydrogen (secondary N) is 1. The second-order valence-electron chi connectivity index (χ2n) is 7.50. The van der Waals surface area contributed by atoms with Gasteiger partial charge in [-0.3, -0.25) is 4.79 Å². The second kappa shape index (κ2) is 9.02. The van der Waals surface area contributed by atoms with Gasteiger partial charge in [0.25, 0.3) is 5.91 Å². The quantitative estimate of drug-likeness (QED) is 0.529. The summed E-state index contributed by atoms with van der Waals surface area (Å²) < 4.78 is 5.24. The largest absolute Gasteiger partial charge is 0.464 e. The predicted molar refractivity (Wildman–Crippen MR) is 123 cm³/mol. The average Bonchev–Trinajstić information content (AvgIpc) is 3.02. The van der Waals surface area contributed by atoms with Crippen molar-refractivity contribution >= 4 is 34.9 Å². The van der Waals surface area contributed by atoms with Gasteiger partial charge >= 0.3 is 5.97 Å². The van der Waals surface area contributed by atoms with E-state index in [0.29, 0.717) is 22.0 Å². The number of carbonyl (C=O) groups excluding carboxylic acids is 2. The summed E-state index contributed by atoms with van der Waals surface area (Å²) in [5.41, 5.74) is 0.166. The number of hydrogen-bond acceptors (Lipinski definition) is 5. The highest BCUT2D eigenvalue weighted by atomic mass is 35.5. The first-order chi connectivity index (χ1) is 15.4. The third kappa shape index (κ3) is 3.95. The number of hydrogen-bond donors (Lipinski definition) is 2. The van der Waals surface area contributed by atoms with Crippen LogP contribution in [-0.4, -0.2) is 29.6 Å². The molecule has 4 rings (SSSR count). The third-order valence-corrected chi connectivity index (χ3v) is 5.71. The molecule has 2 atom stereocenters. The van der Waals surface area contributed by atoms with Crippen LogP contribution in [0.5, 0.6) is 0 Å². The molecule has 0 bridgehead atoms. The van der Waals surface area contributed by atoms with Crippen molar-refractivity contribution in [1.82, 2.24) is 0 Å². The smallest absolute Gasteiger partial charge is 0.332 e. The number of benzene rings is 3. The summed E-state index contributed by atoms with van der Waals surface area (Å²) in [4.78, 5) is 28.2. The lowest BCUT2D eigenvalue weighted by Crippen LogP contribution is -2.55. The summed E-state index contributed by atoms with van der Waals surface area (Å²) in [5.74, 6) is -1.32. The van der Waals surface area contributed by atoms with Crippen LogP contribution in [-0.2, 0) is 26.5 Å². The van der Waals surface area contributed by atoms with Gasteiger partial charge in [0.15, 0.2) is 6.04 Å². The number of anilines is 2. The van der Waals surface area contributed by atoms with Crippen LogP contribution in [0.15, 0.2) is 78.9 Å². The molecular weight excluding hydrogens is 428 g/mol. The molecular formula is C25H23ClN2O4. The van der Waals surface area contributed by atoms with Crippen molar-refractivity contribution in [2.24, 2.45) is 0 Å². The lowest BCUT2D eigenvalue weighted by Gasteiger charge is -2.31. The summed E-state index contributed by atoms with van der Waals surface area (Å²) in [5, 5.41) is 15.4. The number of nitrogens with zero attached hydrogens (tertiary/aromatic N) is 1. The summed E-state index contributed by atoms with van der Waals surface area (Å²) in [6, 6.07) is 21.7. The number of esters is 1. The minimum Gasteiger partial charge on any atom is -0.464 e. The fraction of sp³-hybridized carbons (Fsp3) is 0.200. The molecule has 6 nitrogen and oxygen atoms in total. The minimum atomic E-state index is -2.16. The minimum absolute atomic E-state index is 0.108. The molecule has 0 saturated heterocycles. The maximum Gasteiger partial charge on any atom is 0.332 e. The van der Waals surface area contributed by atoms with Crippen LogP contribution in [0, 0.1) is 0 Å². The summed E-state index contributed by atoms with van der Waals surface area (Å²) in [7, 11) is 0. The van der Waals surface area contributed by atoms with E-state index in [0.717, 1.165) is 5.56 Å². The van der Waals surface area contributed by atoms with Crippen LogP contribution in [0.2, 0.25) is 5.02 Å². The van der Waals surface area contributed by atoms with Gasteiger partial charge in [-0.05, 0) is 42.8 Å². The molecule has 0 aromatic heterocycles. The molecule has 0 radical (unpaired) electrons. The maximum absolute atomic E-state index is 13.7. The first kappa shape index (κ1) is 21.9. The molecule has 0 unspecified atom stereocenters. The second-order valence-corrected chi connectivity index (χ2v) is 7.93. The molecule has 0 saturated carbocycles. The molecule has 1 amide bonds. The van der Waals surface area contributed by atoms with E-state index in [4.69, 9.17) is 16.3 Å². The van der Waals surface area contributed by atoms with Crippen LogP contribution >= 0.6 is 11.6 Å². The number of amides is 1. The van der Waals surface area contributed by atoms with E-state index >= 15 is 0 Å². The van der Waals surface area contributed by atoms with E-state index in [-0.39, 0.29) is 13.2 Å². The number of para-hydroxylation sites is 1. The van der Waals surface area contributed by atoms with Gasteiger partial charge in [0.05, 0.1) is 18.8 Å². The highest BCUT2D eigenvalue weighted by Gasteiger charge is 2.58. The first-order valence-corrected chi connectivity index (χ1v) is 10.7. The van der Waals surface area contributed by atoms with E-state index < -0.39 is 23.5 Å². The van der Waals surface area contributed by atoms with E-state index in [1.807, 2.05) is 30.3 Å². The Bertz CT molecular complexity index is 1120. The van der Waals surface area contributed by atoms with Crippen molar-refractivity contribution < 1.29 is 19.4 Å². The van der Waals surface area contributed by atoms with Crippen LogP contribution in [0.25, 0.3) is 0 Å². The van der Waals surface area contributed by atoms with Crippen molar-refractivity contribution in [3.05, 3.63) is 95.0 Å². The van der Waals surface area contributed by atoms with Crippen molar-refractivity contribution in [3.8, 4) is 0 Å². The van der Waals surface area contributed by atoms with E-state index in [9.17, 15) is 14.7 Å². The molecule has 0 fully saturated rings. The molecule has 164 valence electrons. The Morgan fingerprint density at radius 2 is 1.72 bits per heavy atom. The number of fused-ring (bicyclic) bond motifs is 1. The number of rotatable bonds is 7. The van der Waals surface area contributed by atoms with Crippen LogP contribution in [0.1, 0.15) is 18.1 Å². The molecule has 1 aliphatic rings. The Hall–Kier alpha value is -3.35. The van der Waals surface area contributed by atoms with Gasteiger partial charge in [-0.15, -0.1) is 0 Å². The molecule has 1 heterocycles. The Kier molecular flexibility index (Phi) is 6.17. The molecule has 1 aliphatic heterocycles. The molecule has 32 heavy (non-hydrogen) atoms. The van der Waals surface area contributed by atoms with Gasteiger partial charge in [-0.1, -0.05) is 60.1 Å². The van der Waals surface area contributed by atoms with Crippen molar-refractivity contribution in [1.29, 1.82) is 0 Å². The fourth-order valence-electron chi connectivity index (χ4n) is 3.94. The topological polar surface area (TPSA) is 78.9 Å². The SMILES string of the molecule is CCOC(=O)[C@@H](Nc1ccc(Cl)cc1)[C@@]1(O)C(=O)N(Cc2ccccc2)c2ccccc21. The van der Waals surface area contributed by atoms with Crippen LogP contribution in [0.3, 0.4) is 0 Å². The van der Waals surface area contributed by atoms with Crippen molar-refractivity contribution in [3.63, 3.8) is 0 Å². The zero-order valence-corrected chi connectivity index (χ0v) is 18.3. The van der Waals surface area contributed by atoms with Gasteiger partial charge < -0.3 is 20.1 Å². The van der Waals surface area contributed by atoms with Gasteiger partial charge in [-0.2, -0.15) is 0 Å². The number of aliphatic hydroxyl groups is 1. The zero-order valence-electron chi connectivity index (χ0n) is 17.5. The average molecular weight is 451 g/mol. The van der Waals surface area contributed by atoms with E-state index in [2.05, 4.69) is 5.32 Å². The van der Waals surface area contributed by atoms with Crippen molar-refractivity contribution in [2.75, 3.05) is 16.8 Å². The van der Waals surface area contributed by atoms with E-state index in [1.165, 1.54) is 4.90 Å². The lowest BCUT2D eigenvalue weighted by molar-refractivity contribution is -0.156. The Labute approximate surface area is 191 Å². The number of carbonyl (C=O) groups is 2. The normalized spacial score (nSPS) is 18.2. The van der Waals surface area contributed by atoms with Crippen LogP contribution in [0.4, 0.5) is 11.4 Å². The molecule has 0 aliphatic carbocycles. The number of halogens is 1. The van der Waals surface area contributed by atoms with Crippen LogP contribution < -0.4 is 10.2 Å². The summed E-state index contributed by atoms with van der Waals surface area (Å²) in [6.07, 6.45) is 0. The molecule has 3 aromatic rings. The summed E-state index contributed by atoms with van der Waals surface area (Å²) in [6.45, 7) is 2.04. The van der Waals surface area contributed by atoms with Gasteiger partial charge in [-0.25, -0.2) is 4.79 Å². The zero-order chi connectivity index (χ0) is 22.7. The summed E-state index contributed by atoms with van der Waals surface area (Å²) >= 11 is 5.97. The van der Waals surface area contributed by atoms with Crippen molar-refractivity contribution in [2.45, 2.75) is 25.1 Å². The highest BCUT2D eigenvalue weighted by Crippen LogP contribution is 2.44. The monoisotopic (exact) mass is 450 g/mol. The van der Waals surface area contributed by atoms with Gasteiger partial charge in [0, 0.05) is 16.3 Å². The Morgan fingerprint density at radius 1 is 1.06 bits per heavy atom. The predicted octanol–water partition coefficient (Wildman–Crippen LogP) is 4.12. The number of ether oxygens (including phenoxy) is 1.